The highest BCUT2D eigenvalue weighted by Crippen LogP contribution is 2.23. The lowest BCUT2D eigenvalue weighted by Gasteiger charge is -2.05. The van der Waals surface area contributed by atoms with E-state index in [1.807, 2.05) is 24.3 Å². The summed E-state index contributed by atoms with van der Waals surface area (Å²) in [4.78, 5) is 0. The van der Waals surface area contributed by atoms with Crippen LogP contribution in [0.25, 0.3) is 11.1 Å². The van der Waals surface area contributed by atoms with Gasteiger partial charge in [0.25, 0.3) is 0 Å². The standard InChI is InChI=1S/C19H16O2/c20-18-9-3-15(4-10-18)13-14-1-5-16(6-2-14)17-7-11-19(21)12-8-17/h1-12,20-21H,13H2. The van der Waals surface area contributed by atoms with Crippen LogP contribution in [0.15, 0.2) is 72.8 Å². The highest BCUT2D eigenvalue weighted by atomic mass is 16.3. The Bertz CT molecular complexity index is 711. The fraction of sp³-hybridized carbons (Fsp3) is 0.0526. The molecule has 2 heteroatoms. The molecular weight excluding hydrogens is 260 g/mol. The Morgan fingerprint density at radius 3 is 1.29 bits per heavy atom. The maximum atomic E-state index is 9.31. The van der Waals surface area contributed by atoms with E-state index >= 15 is 0 Å². The summed E-state index contributed by atoms with van der Waals surface area (Å²) in [5, 5.41) is 18.6. The van der Waals surface area contributed by atoms with Crippen LogP contribution in [0, 0.1) is 0 Å². The van der Waals surface area contributed by atoms with Crippen molar-refractivity contribution in [2.75, 3.05) is 0 Å². The molecule has 2 N–H and O–H groups in total. The number of hydrogen-bond donors (Lipinski definition) is 2. The van der Waals surface area contributed by atoms with Crippen LogP contribution in [0.1, 0.15) is 11.1 Å². The van der Waals surface area contributed by atoms with Crippen LogP contribution in [-0.2, 0) is 6.42 Å². The Hall–Kier alpha value is -2.74. The molecule has 0 aromatic heterocycles. The quantitative estimate of drug-likeness (QED) is 0.746. The van der Waals surface area contributed by atoms with Crippen molar-refractivity contribution < 1.29 is 10.2 Å². The van der Waals surface area contributed by atoms with Gasteiger partial charge in [0.05, 0.1) is 0 Å². The molecule has 0 atom stereocenters. The SMILES string of the molecule is Oc1ccc(Cc2ccc(-c3ccc(O)cc3)cc2)cc1. The van der Waals surface area contributed by atoms with E-state index in [9.17, 15) is 10.2 Å². The van der Waals surface area contributed by atoms with Gasteiger partial charge in [-0.3, -0.25) is 0 Å². The van der Waals surface area contributed by atoms with Crippen molar-refractivity contribution in [3.8, 4) is 22.6 Å². The first-order valence-corrected chi connectivity index (χ1v) is 6.87. The Kier molecular flexibility index (Phi) is 3.61. The minimum Gasteiger partial charge on any atom is -0.508 e. The minimum atomic E-state index is 0.280. The lowest BCUT2D eigenvalue weighted by atomic mass is 10.0. The molecule has 104 valence electrons. The third-order valence-electron chi connectivity index (χ3n) is 3.50. The van der Waals surface area contributed by atoms with Gasteiger partial charge in [0.1, 0.15) is 11.5 Å². The first kappa shape index (κ1) is 13.3. The van der Waals surface area contributed by atoms with Gasteiger partial charge in [0.15, 0.2) is 0 Å². The summed E-state index contributed by atoms with van der Waals surface area (Å²) in [6.45, 7) is 0. The van der Waals surface area contributed by atoms with E-state index in [1.165, 1.54) is 11.1 Å². The van der Waals surface area contributed by atoms with Crippen LogP contribution >= 0.6 is 0 Å². The molecular formula is C19H16O2. The number of phenols is 2. The molecule has 0 aliphatic rings. The Labute approximate surface area is 123 Å². The highest BCUT2D eigenvalue weighted by molar-refractivity contribution is 5.64. The molecule has 0 aliphatic carbocycles. The van der Waals surface area contributed by atoms with Gasteiger partial charge >= 0.3 is 0 Å². The van der Waals surface area contributed by atoms with Crippen LogP contribution in [0.3, 0.4) is 0 Å². The lowest BCUT2D eigenvalue weighted by molar-refractivity contribution is 0.474. The van der Waals surface area contributed by atoms with Gasteiger partial charge in [0, 0.05) is 0 Å². The number of hydrogen-bond acceptors (Lipinski definition) is 2. The normalized spacial score (nSPS) is 10.5. The first-order chi connectivity index (χ1) is 10.2. The van der Waals surface area contributed by atoms with Crippen LogP contribution in [-0.4, -0.2) is 10.2 Å². The van der Waals surface area contributed by atoms with Gasteiger partial charge in [-0.05, 0) is 52.9 Å². The van der Waals surface area contributed by atoms with E-state index in [-0.39, 0.29) is 5.75 Å². The van der Waals surface area contributed by atoms with E-state index in [0.29, 0.717) is 5.75 Å². The number of phenolic OH excluding ortho intramolecular Hbond substituents is 2. The van der Waals surface area contributed by atoms with E-state index in [4.69, 9.17) is 0 Å². The van der Waals surface area contributed by atoms with Gasteiger partial charge in [-0.2, -0.15) is 0 Å². The summed E-state index contributed by atoms with van der Waals surface area (Å²) in [7, 11) is 0. The zero-order valence-corrected chi connectivity index (χ0v) is 11.5. The van der Waals surface area contributed by atoms with Gasteiger partial charge in [-0.25, -0.2) is 0 Å². The third-order valence-corrected chi connectivity index (χ3v) is 3.50. The molecule has 0 radical (unpaired) electrons. The average molecular weight is 276 g/mol. The molecule has 3 aromatic carbocycles. The second kappa shape index (κ2) is 5.71. The molecule has 21 heavy (non-hydrogen) atoms. The first-order valence-electron chi connectivity index (χ1n) is 6.87. The smallest absolute Gasteiger partial charge is 0.115 e. The topological polar surface area (TPSA) is 40.5 Å². The lowest BCUT2D eigenvalue weighted by Crippen LogP contribution is -1.88. The van der Waals surface area contributed by atoms with E-state index in [0.717, 1.165) is 17.5 Å². The fourth-order valence-corrected chi connectivity index (χ4v) is 2.32. The van der Waals surface area contributed by atoms with Gasteiger partial charge in [-0.1, -0.05) is 48.5 Å². The van der Waals surface area contributed by atoms with Crippen LogP contribution < -0.4 is 0 Å². The zero-order chi connectivity index (χ0) is 14.7. The van der Waals surface area contributed by atoms with Crippen LogP contribution in [0.4, 0.5) is 0 Å². The average Bonchev–Trinajstić information content (AvgIpc) is 2.51. The van der Waals surface area contributed by atoms with Gasteiger partial charge in [-0.15, -0.1) is 0 Å². The molecule has 0 aliphatic heterocycles. The molecule has 0 fully saturated rings. The molecule has 2 nitrogen and oxygen atoms in total. The Morgan fingerprint density at radius 1 is 0.476 bits per heavy atom. The van der Waals surface area contributed by atoms with Gasteiger partial charge in [0.2, 0.25) is 0 Å². The van der Waals surface area contributed by atoms with E-state index < -0.39 is 0 Å². The van der Waals surface area contributed by atoms with Crippen LogP contribution in [0.2, 0.25) is 0 Å². The molecule has 0 saturated heterocycles. The maximum Gasteiger partial charge on any atom is 0.115 e. The number of benzene rings is 3. The summed E-state index contributed by atoms with van der Waals surface area (Å²) in [5.41, 5.74) is 4.61. The summed E-state index contributed by atoms with van der Waals surface area (Å²) >= 11 is 0. The van der Waals surface area contributed by atoms with Crippen molar-refractivity contribution in [2.45, 2.75) is 6.42 Å². The monoisotopic (exact) mass is 276 g/mol. The van der Waals surface area contributed by atoms with E-state index in [2.05, 4.69) is 24.3 Å². The van der Waals surface area contributed by atoms with Crippen molar-refractivity contribution >= 4 is 0 Å². The second-order valence-corrected chi connectivity index (χ2v) is 5.09. The molecule has 3 rings (SSSR count). The molecule has 0 heterocycles. The highest BCUT2D eigenvalue weighted by Gasteiger charge is 2.00. The molecule has 0 unspecified atom stereocenters. The minimum absolute atomic E-state index is 0.280. The zero-order valence-electron chi connectivity index (χ0n) is 11.5. The Balaban J connectivity index is 1.77. The second-order valence-electron chi connectivity index (χ2n) is 5.09. The van der Waals surface area contributed by atoms with Gasteiger partial charge < -0.3 is 10.2 Å². The molecule has 0 amide bonds. The van der Waals surface area contributed by atoms with Crippen molar-refractivity contribution in [1.29, 1.82) is 0 Å². The molecule has 0 bridgehead atoms. The summed E-state index contributed by atoms with van der Waals surface area (Å²) in [5.74, 6) is 0.573. The number of rotatable bonds is 3. The predicted molar refractivity (Wildman–Crippen MR) is 84.5 cm³/mol. The van der Waals surface area contributed by atoms with Crippen LogP contribution in [0.5, 0.6) is 11.5 Å². The third kappa shape index (κ3) is 3.23. The summed E-state index contributed by atoms with van der Waals surface area (Å²) in [6.07, 6.45) is 0.843. The molecule has 0 saturated carbocycles. The van der Waals surface area contributed by atoms with Crippen molar-refractivity contribution in [1.82, 2.24) is 0 Å². The maximum absolute atomic E-state index is 9.31. The molecule has 3 aromatic rings. The van der Waals surface area contributed by atoms with Crippen molar-refractivity contribution in [2.24, 2.45) is 0 Å². The predicted octanol–water partition coefficient (Wildman–Crippen LogP) is 4.36. The summed E-state index contributed by atoms with van der Waals surface area (Å²) in [6, 6.07) is 22.9. The molecule has 0 spiro atoms. The summed E-state index contributed by atoms with van der Waals surface area (Å²) < 4.78 is 0. The number of aromatic hydroxyl groups is 2. The van der Waals surface area contributed by atoms with Crippen molar-refractivity contribution in [3.63, 3.8) is 0 Å². The Morgan fingerprint density at radius 2 is 0.810 bits per heavy atom. The van der Waals surface area contributed by atoms with Crippen molar-refractivity contribution in [3.05, 3.63) is 83.9 Å². The largest absolute Gasteiger partial charge is 0.508 e. The fourth-order valence-electron chi connectivity index (χ4n) is 2.32. The van der Waals surface area contributed by atoms with E-state index in [1.54, 1.807) is 24.3 Å².